The van der Waals surface area contributed by atoms with Gasteiger partial charge in [-0.3, -0.25) is 0 Å². The Morgan fingerprint density at radius 1 is 0.704 bits per heavy atom. The molecule has 2 aromatic heterocycles. The Morgan fingerprint density at radius 3 is 2.22 bits per heavy atom. The topological polar surface area (TPSA) is 16.1 Å². The minimum atomic E-state index is 1.10. The summed E-state index contributed by atoms with van der Waals surface area (Å²) >= 11 is 3.59. The number of para-hydroxylation sites is 2. The van der Waals surface area contributed by atoms with Crippen LogP contribution in [0.2, 0.25) is 0 Å². The van der Waals surface area contributed by atoms with E-state index < -0.39 is 0 Å². The number of rotatable bonds is 1. The van der Waals surface area contributed by atoms with E-state index in [4.69, 9.17) is 0 Å². The van der Waals surface area contributed by atoms with Gasteiger partial charge in [0, 0.05) is 37.1 Å². The minimum absolute atomic E-state index is 1.10. The number of thiophene rings is 1. The molecule has 4 heteroatoms. The lowest BCUT2D eigenvalue weighted by Crippen LogP contribution is -2.14. The van der Waals surface area contributed by atoms with E-state index in [2.05, 4.69) is 82.7 Å². The average molecular weight is 383 g/mol. The molecule has 0 saturated heterocycles. The molecule has 0 radical (unpaired) electrons. The highest BCUT2D eigenvalue weighted by molar-refractivity contribution is 7.99. The van der Waals surface area contributed by atoms with Crippen LogP contribution in [0.4, 0.5) is 17.1 Å². The highest BCUT2D eigenvalue weighted by Gasteiger charge is 2.24. The number of nitrogens with zero attached hydrogens (tertiary/aromatic N) is 2. The van der Waals surface area contributed by atoms with Crippen molar-refractivity contribution in [1.29, 1.82) is 0 Å². The third-order valence-electron chi connectivity index (χ3n) is 4.92. The number of pyridine rings is 1. The third kappa shape index (κ3) is 2.30. The van der Waals surface area contributed by atoms with Crippen LogP contribution in [-0.4, -0.2) is 4.98 Å². The predicted octanol–water partition coefficient (Wildman–Crippen LogP) is 7.38. The zero-order valence-electron chi connectivity index (χ0n) is 14.3. The Bertz CT molecular complexity index is 1280. The Balaban J connectivity index is 1.63. The molecule has 0 bridgehead atoms. The van der Waals surface area contributed by atoms with Gasteiger partial charge in [-0.1, -0.05) is 36.0 Å². The number of aromatic nitrogens is 1. The number of hydrogen-bond donors (Lipinski definition) is 0. The van der Waals surface area contributed by atoms with E-state index in [9.17, 15) is 0 Å². The fourth-order valence-corrected chi connectivity index (χ4v) is 5.80. The predicted molar refractivity (Wildman–Crippen MR) is 116 cm³/mol. The SMILES string of the molecule is c1ccc2c(c1)Sc1ccccc1N2c1ccc2sc3ncccc3c2c1. The van der Waals surface area contributed by atoms with Crippen LogP contribution in [0.25, 0.3) is 20.3 Å². The first-order valence-corrected chi connectivity index (χ1v) is 10.5. The molecule has 0 N–H and O–H groups in total. The Morgan fingerprint density at radius 2 is 1.44 bits per heavy atom. The molecule has 5 aromatic rings. The van der Waals surface area contributed by atoms with Crippen molar-refractivity contribution < 1.29 is 0 Å². The lowest BCUT2D eigenvalue weighted by molar-refractivity contribution is 1.17. The van der Waals surface area contributed by atoms with Gasteiger partial charge in [-0.05, 0) is 54.6 Å². The van der Waals surface area contributed by atoms with E-state index in [1.165, 1.54) is 42.3 Å². The molecule has 3 aromatic carbocycles. The van der Waals surface area contributed by atoms with E-state index in [1.807, 2.05) is 24.0 Å². The van der Waals surface area contributed by atoms with Crippen LogP contribution in [0.15, 0.2) is 94.9 Å². The van der Waals surface area contributed by atoms with Gasteiger partial charge < -0.3 is 4.90 Å². The summed E-state index contributed by atoms with van der Waals surface area (Å²) < 4.78 is 1.28. The van der Waals surface area contributed by atoms with Gasteiger partial charge in [0.05, 0.1) is 11.4 Å². The number of benzene rings is 3. The standard InChI is InChI=1S/C23H14N2S2/c1-3-9-21-18(7-1)25(19-8-2-4-10-22(19)26-21)15-11-12-20-17(14-15)16-6-5-13-24-23(16)27-20/h1-14H. The molecular weight excluding hydrogens is 368 g/mol. The van der Waals surface area contributed by atoms with E-state index in [0.29, 0.717) is 0 Å². The minimum Gasteiger partial charge on any atom is -0.308 e. The normalized spacial score (nSPS) is 13.0. The van der Waals surface area contributed by atoms with Crippen molar-refractivity contribution >= 4 is 60.5 Å². The Labute approximate surface area is 165 Å². The van der Waals surface area contributed by atoms with Crippen molar-refractivity contribution in [3.05, 3.63) is 85.1 Å². The van der Waals surface area contributed by atoms with Crippen molar-refractivity contribution in [3.63, 3.8) is 0 Å². The van der Waals surface area contributed by atoms with Crippen molar-refractivity contribution in [2.24, 2.45) is 0 Å². The maximum absolute atomic E-state index is 4.53. The first-order valence-electron chi connectivity index (χ1n) is 8.82. The van der Waals surface area contributed by atoms with Gasteiger partial charge in [-0.2, -0.15) is 0 Å². The fraction of sp³-hybridized carbons (Fsp3) is 0. The molecule has 6 rings (SSSR count). The summed E-state index contributed by atoms with van der Waals surface area (Å²) in [6.07, 6.45) is 1.87. The molecule has 27 heavy (non-hydrogen) atoms. The lowest BCUT2D eigenvalue weighted by atomic mass is 10.1. The molecule has 3 heterocycles. The van der Waals surface area contributed by atoms with Gasteiger partial charge >= 0.3 is 0 Å². The molecular formula is C23H14N2S2. The summed E-state index contributed by atoms with van der Waals surface area (Å²) in [6, 6.07) is 28.2. The van der Waals surface area contributed by atoms with Crippen molar-refractivity contribution in [2.45, 2.75) is 9.79 Å². The summed E-state index contributed by atoms with van der Waals surface area (Å²) in [6.45, 7) is 0. The highest BCUT2D eigenvalue weighted by Crippen LogP contribution is 2.51. The van der Waals surface area contributed by atoms with Gasteiger partial charge in [-0.15, -0.1) is 11.3 Å². The molecule has 0 spiro atoms. The van der Waals surface area contributed by atoms with Crippen molar-refractivity contribution in [1.82, 2.24) is 4.98 Å². The second-order valence-electron chi connectivity index (χ2n) is 6.51. The zero-order chi connectivity index (χ0) is 17.8. The number of hydrogen-bond acceptors (Lipinski definition) is 4. The molecule has 0 saturated carbocycles. The van der Waals surface area contributed by atoms with E-state index in [0.717, 1.165) is 4.83 Å². The third-order valence-corrected chi connectivity index (χ3v) is 7.15. The molecule has 1 aliphatic heterocycles. The second kappa shape index (κ2) is 5.84. The molecule has 1 aliphatic rings. The largest absolute Gasteiger partial charge is 0.308 e. The zero-order valence-corrected chi connectivity index (χ0v) is 15.9. The number of fused-ring (bicyclic) bond motifs is 5. The van der Waals surface area contributed by atoms with Crippen LogP contribution in [0.5, 0.6) is 0 Å². The molecule has 0 fully saturated rings. The summed E-state index contributed by atoms with van der Waals surface area (Å²) in [5.41, 5.74) is 3.66. The van der Waals surface area contributed by atoms with Gasteiger partial charge in [0.25, 0.3) is 0 Å². The maximum atomic E-state index is 4.53. The van der Waals surface area contributed by atoms with E-state index in [-0.39, 0.29) is 0 Å². The summed E-state index contributed by atoms with van der Waals surface area (Å²) in [5.74, 6) is 0. The maximum Gasteiger partial charge on any atom is 0.124 e. The molecule has 2 nitrogen and oxygen atoms in total. The smallest absolute Gasteiger partial charge is 0.124 e. The molecule has 0 unspecified atom stereocenters. The molecule has 0 aliphatic carbocycles. The molecule has 128 valence electrons. The fourth-order valence-electron chi connectivity index (χ4n) is 3.72. The summed E-state index contributed by atoms with van der Waals surface area (Å²) in [5, 5.41) is 2.50. The summed E-state index contributed by atoms with van der Waals surface area (Å²) in [7, 11) is 0. The van der Waals surface area contributed by atoms with Crippen molar-refractivity contribution in [3.8, 4) is 0 Å². The number of anilines is 3. The van der Waals surface area contributed by atoms with Crippen LogP contribution >= 0.6 is 23.1 Å². The first-order chi connectivity index (χ1) is 13.4. The Kier molecular flexibility index (Phi) is 3.30. The van der Waals surface area contributed by atoms with E-state index in [1.54, 1.807) is 11.3 Å². The Hall–Kier alpha value is -2.82. The van der Waals surface area contributed by atoms with Gasteiger partial charge in [0.15, 0.2) is 0 Å². The quantitative estimate of drug-likeness (QED) is 0.295. The van der Waals surface area contributed by atoms with Crippen LogP contribution in [0.1, 0.15) is 0 Å². The molecule has 0 amide bonds. The van der Waals surface area contributed by atoms with Crippen LogP contribution in [0.3, 0.4) is 0 Å². The van der Waals surface area contributed by atoms with E-state index >= 15 is 0 Å². The van der Waals surface area contributed by atoms with Crippen LogP contribution in [-0.2, 0) is 0 Å². The highest BCUT2D eigenvalue weighted by atomic mass is 32.2. The molecule has 0 atom stereocenters. The second-order valence-corrected chi connectivity index (χ2v) is 8.63. The lowest BCUT2D eigenvalue weighted by Gasteiger charge is -2.32. The van der Waals surface area contributed by atoms with Gasteiger partial charge in [-0.25, -0.2) is 4.98 Å². The summed E-state index contributed by atoms with van der Waals surface area (Å²) in [4.78, 5) is 10.6. The van der Waals surface area contributed by atoms with Crippen LogP contribution in [0, 0.1) is 0 Å². The average Bonchev–Trinajstić information content (AvgIpc) is 3.10. The van der Waals surface area contributed by atoms with Crippen molar-refractivity contribution in [2.75, 3.05) is 4.90 Å². The van der Waals surface area contributed by atoms with Crippen LogP contribution < -0.4 is 4.90 Å². The monoisotopic (exact) mass is 382 g/mol. The van der Waals surface area contributed by atoms with Gasteiger partial charge in [0.1, 0.15) is 4.83 Å². The van der Waals surface area contributed by atoms with Gasteiger partial charge in [0.2, 0.25) is 0 Å². The first kappa shape index (κ1) is 15.3.